The minimum absolute atomic E-state index is 0.0440. The number of sulfonamides is 1. The third kappa shape index (κ3) is 3.09. The number of halogens is 1. The van der Waals surface area contributed by atoms with E-state index in [4.69, 9.17) is 16.7 Å². The van der Waals surface area contributed by atoms with Gasteiger partial charge in [-0.3, -0.25) is 4.72 Å². The van der Waals surface area contributed by atoms with E-state index in [0.29, 0.717) is 9.90 Å². The van der Waals surface area contributed by atoms with Gasteiger partial charge in [0.25, 0.3) is 10.0 Å². The van der Waals surface area contributed by atoms with Crippen molar-refractivity contribution < 1.29 is 18.3 Å². The highest BCUT2D eigenvalue weighted by molar-refractivity contribution is 7.94. The molecule has 2 aromatic rings. The first-order valence-corrected chi connectivity index (χ1v) is 7.95. The minimum atomic E-state index is -3.83. The Morgan fingerprint density at radius 1 is 1.45 bits per heavy atom. The second-order valence-electron chi connectivity index (χ2n) is 3.86. The lowest BCUT2D eigenvalue weighted by Crippen LogP contribution is -2.13. The van der Waals surface area contributed by atoms with Crippen LogP contribution < -0.4 is 4.72 Å². The summed E-state index contributed by atoms with van der Waals surface area (Å²) in [6, 6.07) is 3.85. The molecule has 0 radical (unpaired) electrons. The van der Waals surface area contributed by atoms with Gasteiger partial charge in [0.05, 0.1) is 9.90 Å². The molecule has 9 heteroatoms. The number of carboxylic acids is 1. The van der Waals surface area contributed by atoms with Crippen LogP contribution in [0.15, 0.2) is 28.6 Å². The van der Waals surface area contributed by atoms with E-state index in [-0.39, 0.29) is 15.6 Å². The number of aromatic nitrogens is 1. The second-order valence-corrected chi connectivity index (χ2v) is 7.43. The monoisotopic (exact) mass is 332 g/mol. The molecule has 0 unspecified atom stereocenters. The summed E-state index contributed by atoms with van der Waals surface area (Å²) < 4.78 is 26.9. The molecule has 0 spiro atoms. The maximum absolute atomic E-state index is 12.1. The minimum Gasteiger partial charge on any atom is -0.478 e. The Balaban J connectivity index is 2.33. The Bertz CT molecular complexity index is 751. The third-order valence-electron chi connectivity index (χ3n) is 2.35. The van der Waals surface area contributed by atoms with Crippen molar-refractivity contribution in [1.82, 2.24) is 4.98 Å². The van der Waals surface area contributed by atoms with E-state index in [9.17, 15) is 13.2 Å². The van der Waals surface area contributed by atoms with Crippen molar-refractivity contribution in [2.24, 2.45) is 0 Å². The van der Waals surface area contributed by atoms with Crippen molar-refractivity contribution in [2.75, 3.05) is 4.72 Å². The molecule has 0 aromatic carbocycles. The summed E-state index contributed by atoms with van der Waals surface area (Å²) in [6.45, 7) is 1.70. The highest BCUT2D eigenvalue weighted by atomic mass is 35.5. The van der Waals surface area contributed by atoms with Crippen LogP contribution in [0.4, 0.5) is 5.82 Å². The SMILES string of the molecule is Cc1cc(S(=O)(=O)Nc2cc(C(=O)O)ccn2)sc1Cl. The van der Waals surface area contributed by atoms with E-state index in [1.165, 1.54) is 18.3 Å². The van der Waals surface area contributed by atoms with Gasteiger partial charge in [0.2, 0.25) is 0 Å². The maximum atomic E-state index is 12.1. The molecule has 106 valence electrons. The highest BCUT2D eigenvalue weighted by Crippen LogP contribution is 2.31. The van der Waals surface area contributed by atoms with E-state index >= 15 is 0 Å². The van der Waals surface area contributed by atoms with Gasteiger partial charge in [-0.25, -0.2) is 18.2 Å². The number of pyridine rings is 1. The summed E-state index contributed by atoms with van der Waals surface area (Å²) in [5.74, 6) is -1.23. The number of hydrogen-bond acceptors (Lipinski definition) is 5. The maximum Gasteiger partial charge on any atom is 0.335 e. The summed E-state index contributed by atoms with van der Waals surface area (Å²) in [5.41, 5.74) is 0.599. The lowest BCUT2D eigenvalue weighted by molar-refractivity contribution is 0.0697. The molecule has 2 heterocycles. The quantitative estimate of drug-likeness (QED) is 0.897. The molecule has 0 saturated carbocycles. The van der Waals surface area contributed by atoms with Crippen LogP contribution in [0.3, 0.4) is 0 Å². The van der Waals surface area contributed by atoms with E-state index in [1.807, 2.05) is 0 Å². The van der Waals surface area contributed by atoms with Crippen LogP contribution in [-0.4, -0.2) is 24.5 Å². The van der Waals surface area contributed by atoms with Crippen LogP contribution in [-0.2, 0) is 10.0 Å². The molecular formula is C11H9ClN2O4S2. The van der Waals surface area contributed by atoms with Gasteiger partial charge >= 0.3 is 5.97 Å². The van der Waals surface area contributed by atoms with Crippen LogP contribution in [0, 0.1) is 6.92 Å². The number of carboxylic acid groups (broad SMARTS) is 1. The fourth-order valence-corrected chi connectivity index (χ4v) is 4.08. The molecule has 2 aromatic heterocycles. The Morgan fingerprint density at radius 3 is 2.70 bits per heavy atom. The Labute approximate surface area is 124 Å². The normalized spacial score (nSPS) is 11.3. The number of rotatable bonds is 4. The van der Waals surface area contributed by atoms with Gasteiger partial charge in [-0.2, -0.15) is 0 Å². The van der Waals surface area contributed by atoms with Crippen LogP contribution in [0.5, 0.6) is 0 Å². The first kappa shape index (κ1) is 14.8. The summed E-state index contributed by atoms with van der Waals surface area (Å²) in [7, 11) is -3.83. The van der Waals surface area contributed by atoms with Crippen LogP contribution in [0.25, 0.3) is 0 Å². The van der Waals surface area contributed by atoms with E-state index < -0.39 is 16.0 Å². The number of nitrogens with zero attached hydrogens (tertiary/aromatic N) is 1. The zero-order chi connectivity index (χ0) is 14.9. The average Bonchev–Trinajstić information content (AvgIpc) is 2.70. The number of carbonyl (C=O) groups is 1. The average molecular weight is 333 g/mol. The second kappa shape index (κ2) is 5.39. The summed E-state index contributed by atoms with van der Waals surface area (Å²) in [4.78, 5) is 14.6. The van der Waals surface area contributed by atoms with Gasteiger partial charge < -0.3 is 5.11 Å². The molecule has 0 aliphatic rings. The number of hydrogen-bond donors (Lipinski definition) is 2. The van der Waals surface area contributed by atoms with Gasteiger partial charge in [0.1, 0.15) is 10.0 Å². The molecule has 2 rings (SSSR count). The van der Waals surface area contributed by atoms with Crippen molar-refractivity contribution in [3.8, 4) is 0 Å². The Hall–Kier alpha value is -1.64. The highest BCUT2D eigenvalue weighted by Gasteiger charge is 2.19. The zero-order valence-electron chi connectivity index (χ0n) is 10.1. The lowest BCUT2D eigenvalue weighted by Gasteiger charge is -2.05. The van der Waals surface area contributed by atoms with Crippen molar-refractivity contribution in [2.45, 2.75) is 11.1 Å². The Morgan fingerprint density at radius 2 is 2.15 bits per heavy atom. The van der Waals surface area contributed by atoms with E-state index in [2.05, 4.69) is 9.71 Å². The first-order valence-electron chi connectivity index (χ1n) is 5.28. The van der Waals surface area contributed by atoms with Crippen LogP contribution >= 0.6 is 22.9 Å². The molecule has 0 bridgehead atoms. The summed E-state index contributed by atoms with van der Waals surface area (Å²) >= 11 is 6.76. The van der Waals surface area contributed by atoms with Gasteiger partial charge in [-0.15, -0.1) is 11.3 Å². The standard InChI is InChI=1S/C11H9ClN2O4S2/c1-6-4-9(19-10(6)12)20(17,18)14-8-5-7(11(15)16)2-3-13-8/h2-5H,1H3,(H,13,14)(H,15,16). The zero-order valence-corrected chi connectivity index (χ0v) is 12.5. The molecule has 6 nitrogen and oxygen atoms in total. The molecule has 0 fully saturated rings. The third-order valence-corrected chi connectivity index (χ3v) is 5.73. The van der Waals surface area contributed by atoms with Crippen molar-refractivity contribution in [1.29, 1.82) is 0 Å². The van der Waals surface area contributed by atoms with Crippen molar-refractivity contribution >= 4 is 44.7 Å². The largest absolute Gasteiger partial charge is 0.478 e. The number of thiophene rings is 1. The van der Waals surface area contributed by atoms with Crippen molar-refractivity contribution in [3.05, 3.63) is 39.9 Å². The molecule has 0 saturated heterocycles. The van der Waals surface area contributed by atoms with E-state index in [1.54, 1.807) is 6.92 Å². The molecule has 20 heavy (non-hydrogen) atoms. The fraction of sp³-hybridized carbons (Fsp3) is 0.0909. The van der Waals surface area contributed by atoms with Crippen LogP contribution in [0.1, 0.15) is 15.9 Å². The molecule has 0 amide bonds. The summed E-state index contributed by atoms with van der Waals surface area (Å²) in [5, 5.41) is 8.84. The fourth-order valence-electron chi connectivity index (χ4n) is 1.37. The molecule has 0 atom stereocenters. The Kier molecular flexibility index (Phi) is 3.98. The molecule has 2 N–H and O–H groups in total. The predicted octanol–water partition coefficient (Wildman–Crippen LogP) is 2.60. The number of aryl methyl sites for hydroxylation is 1. The summed E-state index contributed by atoms with van der Waals surface area (Å²) in [6.07, 6.45) is 1.22. The van der Waals surface area contributed by atoms with Gasteiger partial charge in [0.15, 0.2) is 0 Å². The number of aromatic carboxylic acids is 1. The molecule has 0 aliphatic heterocycles. The molecular weight excluding hydrogens is 324 g/mol. The lowest BCUT2D eigenvalue weighted by atomic mass is 10.3. The van der Waals surface area contributed by atoms with Gasteiger partial charge in [-0.05, 0) is 30.7 Å². The van der Waals surface area contributed by atoms with Crippen molar-refractivity contribution in [3.63, 3.8) is 0 Å². The predicted molar refractivity (Wildman–Crippen MR) is 76.1 cm³/mol. The first-order chi connectivity index (χ1) is 9.29. The van der Waals surface area contributed by atoms with Crippen LogP contribution in [0.2, 0.25) is 4.34 Å². The smallest absolute Gasteiger partial charge is 0.335 e. The van der Waals surface area contributed by atoms with Gasteiger partial charge in [0, 0.05) is 6.20 Å². The van der Waals surface area contributed by atoms with E-state index in [0.717, 1.165) is 17.4 Å². The number of anilines is 1. The number of nitrogens with one attached hydrogen (secondary N) is 1. The topological polar surface area (TPSA) is 96.4 Å². The van der Waals surface area contributed by atoms with Gasteiger partial charge in [-0.1, -0.05) is 11.6 Å². The molecule has 0 aliphatic carbocycles.